The summed E-state index contributed by atoms with van der Waals surface area (Å²) in [5, 5.41) is 0. The highest BCUT2D eigenvalue weighted by molar-refractivity contribution is 5.73. The smallest absolute Gasteiger partial charge is 0.217 e. The van der Waals surface area contributed by atoms with Crippen molar-refractivity contribution in [2.45, 2.75) is 32.6 Å². The Labute approximate surface area is 61.8 Å². The summed E-state index contributed by atoms with van der Waals surface area (Å²) in [7, 11) is 0. The van der Waals surface area contributed by atoms with Crippen LogP contribution in [0.15, 0.2) is 0 Å². The maximum atomic E-state index is 10.2. The van der Waals surface area contributed by atoms with Gasteiger partial charge in [-0.05, 0) is 19.8 Å². The van der Waals surface area contributed by atoms with Crippen molar-refractivity contribution < 1.29 is 4.79 Å². The Balaban J connectivity index is 3.03. The molecule has 0 aromatic carbocycles. The van der Waals surface area contributed by atoms with Gasteiger partial charge in [-0.1, -0.05) is 0 Å². The second-order valence-corrected chi connectivity index (χ2v) is 2.10. The van der Waals surface area contributed by atoms with Crippen molar-refractivity contribution in [3.63, 3.8) is 0 Å². The summed E-state index contributed by atoms with van der Waals surface area (Å²) >= 11 is 0. The van der Waals surface area contributed by atoms with Crippen molar-refractivity contribution >= 4 is 5.91 Å². The molecule has 2 heteroatoms. The molecule has 0 aromatic heterocycles. The van der Waals surface area contributed by atoms with Crippen molar-refractivity contribution in [1.29, 1.82) is 0 Å². The summed E-state index contributed by atoms with van der Waals surface area (Å²) in [5.41, 5.74) is 4.93. The number of unbranched alkanes of at least 4 members (excludes halogenated alkanes) is 2. The summed E-state index contributed by atoms with van der Waals surface area (Å²) in [4.78, 5) is 10.2. The van der Waals surface area contributed by atoms with Gasteiger partial charge in [0.2, 0.25) is 5.91 Å². The summed E-state index contributed by atoms with van der Waals surface area (Å²) in [5.74, 6) is 5.49. The van der Waals surface area contributed by atoms with E-state index in [9.17, 15) is 4.79 Å². The molecule has 0 heterocycles. The Morgan fingerprint density at radius 1 is 1.50 bits per heavy atom. The molecule has 10 heavy (non-hydrogen) atoms. The topological polar surface area (TPSA) is 43.1 Å². The largest absolute Gasteiger partial charge is 0.370 e. The van der Waals surface area contributed by atoms with Crippen molar-refractivity contribution in [3.05, 3.63) is 0 Å². The summed E-state index contributed by atoms with van der Waals surface area (Å²) in [6, 6.07) is 0. The Bertz CT molecular complexity index is 152. The molecule has 0 saturated heterocycles. The van der Waals surface area contributed by atoms with Gasteiger partial charge in [0.25, 0.3) is 0 Å². The fraction of sp³-hybridized carbons (Fsp3) is 0.625. The van der Waals surface area contributed by atoms with Gasteiger partial charge in [-0.3, -0.25) is 4.79 Å². The van der Waals surface area contributed by atoms with E-state index in [1.165, 1.54) is 0 Å². The summed E-state index contributed by atoms with van der Waals surface area (Å²) in [6.45, 7) is 1.81. The van der Waals surface area contributed by atoms with Crippen LogP contribution in [0.5, 0.6) is 0 Å². The number of hydrogen-bond donors (Lipinski definition) is 1. The number of carbonyl (C=O) groups is 1. The van der Waals surface area contributed by atoms with Gasteiger partial charge in [0.15, 0.2) is 0 Å². The van der Waals surface area contributed by atoms with Crippen LogP contribution < -0.4 is 5.73 Å². The third kappa shape index (κ3) is 7.03. The number of hydrogen-bond acceptors (Lipinski definition) is 1. The zero-order chi connectivity index (χ0) is 7.82. The fourth-order valence-corrected chi connectivity index (χ4v) is 0.638. The second kappa shape index (κ2) is 6.15. The average molecular weight is 139 g/mol. The van der Waals surface area contributed by atoms with E-state index < -0.39 is 0 Å². The lowest BCUT2D eigenvalue weighted by Crippen LogP contribution is -2.09. The Kier molecular flexibility index (Phi) is 5.56. The number of amides is 1. The first kappa shape index (κ1) is 9.03. The van der Waals surface area contributed by atoms with Gasteiger partial charge in [-0.15, -0.1) is 11.8 Å². The first-order valence-electron chi connectivity index (χ1n) is 3.45. The van der Waals surface area contributed by atoms with Crippen molar-refractivity contribution in [2.75, 3.05) is 0 Å². The lowest BCUT2D eigenvalue weighted by atomic mass is 10.2. The molecule has 0 aliphatic rings. The van der Waals surface area contributed by atoms with E-state index in [0.29, 0.717) is 6.42 Å². The molecular weight excluding hydrogens is 126 g/mol. The van der Waals surface area contributed by atoms with Crippen molar-refractivity contribution in [3.8, 4) is 11.8 Å². The first-order chi connectivity index (χ1) is 4.77. The maximum absolute atomic E-state index is 10.2. The average Bonchev–Trinajstić information content (AvgIpc) is 1.87. The minimum absolute atomic E-state index is 0.218. The van der Waals surface area contributed by atoms with Crippen LogP contribution in [0.3, 0.4) is 0 Å². The molecule has 0 saturated carbocycles. The molecule has 0 bridgehead atoms. The van der Waals surface area contributed by atoms with Gasteiger partial charge in [-0.25, -0.2) is 0 Å². The van der Waals surface area contributed by atoms with E-state index in [2.05, 4.69) is 11.8 Å². The summed E-state index contributed by atoms with van der Waals surface area (Å²) < 4.78 is 0. The SMILES string of the molecule is CC#CCCCCC(N)=O. The van der Waals surface area contributed by atoms with E-state index in [1.54, 1.807) is 0 Å². The molecule has 2 N–H and O–H groups in total. The minimum Gasteiger partial charge on any atom is -0.370 e. The lowest BCUT2D eigenvalue weighted by Gasteiger charge is -1.90. The van der Waals surface area contributed by atoms with E-state index in [-0.39, 0.29) is 5.91 Å². The molecule has 0 aliphatic heterocycles. The monoisotopic (exact) mass is 139 g/mol. The first-order valence-corrected chi connectivity index (χ1v) is 3.45. The van der Waals surface area contributed by atoms with Crippen LogP contribution >= 0.6 is 0 Å². The standard InChI is InChI=1S/C8H13NO/c1-2-3-4-5-6-7-8(9)10/h4-7H2,1H3,(H2,9,10). The fourth-order valence-electron chi connectivity index (χ4n) is 0.638. The number of rotatable bonds is 4. The van der Waals surface area contributed by atoms with Crippen LogP contribution in [0.1, 0.15) is 32.6 Å². The molecule has 0 spiro atoms. The predicted octanol–water partition coefficient (Wildman–Crippen LogP) is 1.06. The van der Waals surface area contributed by atoms with Crippen molar-refractivity contribution in [1.82, 2.24) is 0 Å². The molecular formula is C8H13NO. The number of carbonyl (C=O) groups excluding carboxylic acids is 1. The van der Waals surface area contributed by atoms with Gasteiger partial charge in [-0.2, -0.15) is 0 Å². The Morgan fingerprint density at radius 3 is 2.70 bits per heavy atom. The van der Waals surface area contributed by atoms with E-state index in [4.69, 9.17) is 5.73 Å². The maximum Gasteiger partial charge on any atom is 0.217 e. The van der Waals surface area contributed by atoms with Crippen LogP contribution in [0.25, 0.3) is 0 Å². The molecule has 1 amide bonds. The molecule has 0 fully saturated rings. The zero-order valence-corrected chi connectivity index (χ0v) is 6.31. The Morgan fingerprint density at radius 2 is 2.20 bits per heavy atom. The van der Waals surface area contributed by atoms with Gasteiger partial charge in [0.1, 0.15) is 0 Å². The van der Waals surface area contributed by atoms with Crippen LogP contribution in [-0.4, -0.2) is 5.91 Å². The molecule has 2 nitrogen and oxygen atoms in total. The predicted molar refractivity (Wildman–Crippen MR) is 41.1 cm³/mol. The molecule has 56 valence electrons. The minimum atomic E-state index is -0.218. The number of primary amides is 1. The zero-order valence-electron chi connectivity index (χ0n) is 6.31. The Hall–Kier alpha value is -0.970. The van der Waals surface area contributed by atoms with Gasteiger partial charge in [0.05, 0.1) is 0 Å². The van der Waals surface area contributed by atoms with E-state index >= 15 is 0 Å². The molecule has 0 aliphatic carbocycles. The third-order valence-corrected chi connectivity index (χ3v) is 1.15. The van der Waals surface area contributed by atoms with Crippen LogP contribution in [-0.2, 0) is 4.79 Å². The molecule has 0 unspecified atom stereocenters. The molecule has 0 rings (SSSR count). The van der Waals surface area contributed by atoms with Gasteiger partial charge >= 0.3 is 0 Å². The lowest BCUT2D eigenvalue weighted by molar-refractivity contribution is -0.118. The third-order valence-electron chi connectivity index (χ3n) is 1.15. The summed E-state index contributed by atoms with van der Waals surface area (Å²) in [6.07, 6.45) is 3.21. The van der Waals surface area contributed by atoms with E-state index in [0.717, 1.165) is 19.3 Å². The normalized spacial score (nSPS) is 8.10. The van der Waals surface area contributed by atoms with Crippen LogP contribution in [0.2, 0.25) is 0 Å². The second-order valence-electron chi connectivity index (χ2n) is 2.10. The van der Waals surface area contributed by atoms with Crippen molar-refractivity contribution in [2.24, 2.45) is 5.73 Å². The van der Waals surface area contributed by atoms with E-state index in [1.807, 2.05) is 6.92 Å². The number of nitrogens with two attached hydrogens (primary N) is 1. The van der Waals surface area contributed by atoms with Crippen LogP contribution in [0, 0.1) is 11.8 Å². The van der Waals surface area contributed by atoms with Crippen LogP contribution in [0.4, 0.5) is 0 Å². The highest BCUT2D eigenvalue weighted by atomic mass is 16.1. The highest BCUT2D eigenvalue weighted by Crippen LogP contribution is 1.96. The van der Waals surface area contributed by atoms with Gasteiger partial charge < -0.3 is 5.73 Å². The molecule has 0 aromatic rings. The van der Waals surface area contributed by atoms with Gasteiger partial charge in [0, 0.05) is 12.8 Å². The highest BCUT2D eigenvalue weighted by Gasteiger charge is 1.91. The molecule has 0 atom stereocenters. The molecule has 0 radical (unpaired) electrons. The quantitative estimate of drug-likeness (QED) is 0.459.